The largest absolute Gasteiger partial charge is 0.356 e. The summed E-state index contributed by atoms with van der Waals surface area (Å²) in [6.45, 7) is 0.812. The average Bonchev–Trinajstić information content (AvgIpc) is 2.75. The van der Waals surface area contributed by atoms with Crippen molar-refractivity contribution in [2.45, 2.75) is 31.8 Å². The average molecular weight is 261 g/mol. The first-order valence-electron chi connectivity index (χ1n) is 6.48. The minimum Gasteiger partial charge on any atom is -0.356 e. The van der Waals surface area contributed by atoms with Crippen molar-refractivity contribution in [3.05, 3.63) is 47.1 Å². The molecule has 1 atom stereocenters. The fourth-order valence-electron chi connectivity index (χ4n) is 2.51. The monoisotopic (exact) mass is 260 g/mol. The summed E-state index contributed by atoms with van der Waals surface area (Å²) < 4.78 is 0. The number of H-pyrrole nitrogens is 1. The molecule has 0 radical (unpaired) electrons. The predicted molar refractivity (Wildman–Crippen MR) is 76.9 cm³/mol. The van der Waals surface area contributed by atoms with Crippen molar-refractivity contribution in [1.29, 1.82) is 0 Å². The highest BCUT2D eigenvalue weighted by atomic mass is 35.5. The van der Waals surface area contributed by atoms with Gasteiger partial charge in [-0.05, 0) is 25.3 Å². The van der Waals surface area contributed by atoms with E-state index in [1.54, 1.807) is 0 Å². The zero-order chi connectivity index (χ0) is 12.4. The van der Waals surface area contributed by atoms with Gasteiger partial charge in [0.25, 0.3) is 0 Å². The zero-order valence-corrected chi connectivity index (χ0v) is 11.0. The highest BCUT2D eigenvalue weighted by Gasteiger charge is 2.12. The first-order valence-corrected chi connectivity index (χ1v) is 6.86. The van der Waals surface area contributed by atoms with E-state index in [-0.39, 0.29) is 0 Å². The standard InChI is InChI=1S/C15H17ClN2/c16-15-12-8-4-5-9-13(12)18-14(15)10-17-11-6-2-1-3-7-11/h1-2,4-5,8-9,11,17-18H,3,6-7,10H2. The summed E-state index contributed by atoms with van der Waals surface area (Å²) in [5, 5.41) is 5.53. The quantitative estimate of drug-likeness (QED) is 0.802. The Hall–Kier alpha value is -1.25. The van der Waals surface area contributed by atoms with Crippen molar-refractivity contribution in [3.63, 3.8) is 0 Å². The molecule has 18 heavy (non-hydrogen) atoms. The van der Waals surface area contributed by atoms with Crippen LogP contribution >= 0.6 is 11.6 Å². The molecular weight excluding hydrogens is 244 g/mol. The minimum absolute atomic E-state index is 0.581. The predicted octanol–water partition coefficient (Wildman–Crippen LogP) is 4.02. The Kier molecular flexibility index (Phi) is 3.39. The summed E-state index contributed by atoms with van der Waals surface area (Å²) in [6.07, 6.45) is 8.03. The van der Waals surface area contributed by atoms with Crippen LogP contribution in [-0.4, -0.2) is 11.0 Å². The second-order valence-electron chi connectivity index (χ2n) is 4.83. The highest BCUT2D eigenvalue weighted by Crippen LogP contribution is 2.27. The van der Waals surface area contributed by atoms with Crippen molar-refractivity contribution in [2.75, 3.05) is 0 Å². The molecule has 0 spiro atoms. The van der Waals surface area contributed by atoms with Gasteiger partial charge in [0, 0.05) is 29.2 Å². The minimum atomic E-state index is 0.581. The van der Waals surface area contributed by atoms with Gasteiger partial charge in [-0.25, -0.2) is 0 Å². The Bertz CT molecular complexity index is 571. The van der Waals surface area contributed by atoms with E-state index in [1.165, 1.54) is 12.8 Å². The van der Waals surface area contributed by atoms with Crippen LogP contribution in [0.4, 0.5) is 0 Å². The van der Waals surface area contributed by atoms with Gasteiger partial charge in [-0.2, -0.15) is 0 Å². The van der Waals surface area contributed by atoms with Crippen molar-refractivity contribution in [3.8, 4) is 0 Å². The number of hydrogen-bond acceptors (Lipinski definition) is 1. The van der Waals surface area contributed by atoms with Gasteiger partial charge in [-0.3, -0.25) is 0 Å². The van der Waals surface area contributed by atoms with Crippen LogP contribution in [0.3, 0.4) is 0 Å². The zero-order valence-electron chi connectivity index (χ0n) is 10.2. The number of benzene rings is 1. The number of halogens is 1. The van der Waals surface area contributed by atoms with E-state index in [0.29, 0.717) is 6.04 Å². The molecule has 1 aliphatic rings. The van der Waals surface area contributed by atoms with Crippen LogP contribution in [0.5, 0.6) is 0 Å². The summed E-state index contributed by atoms with van der Waals surface area (Å²) in [4.78, 5) is 3.39. The first-order chi connectivity index (χ1) is 8.84. The smallest absolute Gasteiger partial charge is 0.0705 e. The number of aromatic amines is 1. The summed E-state index contributed by atoms with van der Waals surface area (Å²) in [7, 11) is 0. The number of para-hydroxylation sites is 1. The third kappa shape index (κ3) is 2.31. The Balaban J connectivity index is 1.74. The Morgan fingerprint density at radius 3 is 2.94 bits per heavy atom. The second-order valence-corrected chi connectivity index (χ2v) is 5.20. The SMILES string of the molecule is Clc1c(CNC2CC=CCC2)[nH]c2ccccc12. The fraction of sp³-hybridized carbons (Fsp3) is 0.333. The third-order valence-electron chi connectivity index (χ3n) is 3.55. The Labute approximate surface area is 112 Å². The molecule has 2 N–H and O–H groups in total. The third-order valence-corrected chi connectivity index (χ3v) is 3.98. The molecule has 0 aliphatic heterocycles. The number of rotatable bonds is 3. The van der Waals surface area contributed by atoms with Crippen molar-refractivity contribution in [1.82, 2.24) is 10.3 Å². The van der Waals surface area contributed by atoms with Crippen molar-refractivity contribution >= 4 is 22.5 Å². The molecule has 0 amide bonds. The van der Waals surface area contributed by atoms with E-state index in [0.717, 1.165) is 34.6 Å². The van der Waals surface area contributed by atoms with Gasteiger partial charge < -0.3 is 10.3 Å². The van der Waals surface area contributed by atoms with Crippen LogP contribution in [0, 0.1) is 0 Å². The lowest BCUT2D eigenvalue weighted by molar-refractivity contribution is 0.472. The van der Waals surface area contributed by atoms with Gasteiger partial charge in [-0.15, -0.1) is 0 Å². The number of aromatic nitrogens is 1. The summed E-state index contributed by atoms with van der Waals surface area (Å²) in [5.74, 6) is 0. The maximum atomic E-state index is 6.39. The molecule has 0 saturated heterocycles. The summed E-state index contributed by atoms with van der Waals surface area (Å²) >= 11 is 6.39. The molecule has 0 saturated carbocycles. The highest BCUT2D eigenvalue weighted by molar-refractivity contribution is 6.36. The maximum Gasteiger partial charge on any atom is 0.0705 e. The normalized spacial score (nSPS) is 19.5. The molecule has 3 heteroatoms. The molecular formula is C15H17ClN2. The van der Waals surface area contributed by atoms with Crippen LogP contribution in [-0.2, 0) is 6.54 Å². The van der Waals surface area contributed by atoms with Gasteiger partial charge in [0.2, 0.25) is 0 Å². The second kappa shape index (κ2) is 5.17. The number of allylic oxidation sites excluding steroid dienone is 1. The lowest BCUT2D eigenvalue weighted by atomic mass is 10.0. The van der Waals surface area contributed by atoms with Crippen LogP contribution < -0.4 is 5.32 Å². The van der Waals surface area contributed by atoms with Gasteiger partial charge >= 0.3 is 0 Å². The molecule has 1 unspecified atom stereocenters. The summed E-state index contributed by atoms with van der Waals surface area (Å²) in [6, 6.07) is 8.75. The number of fused-ring (bicyclic) bond motifs is 1. The molecule has 1 aromatic carbocycles. The lowest BCUT2D eigenvalue weighted by Gasteiger charge is -2.19. The van der Waals surface area contributed by atoms with E-state index in [1.807, 2.05) is 12.1 Å². The van der Waals surface area contributed by atoms with E-state index in [2.05, 4.69) is 34.6 Å². The van der Waals surface area contributed by atoms with Crippen LogP contribution in [0.1, 0.15) is 25.0 Å². The molecule has 1 heterocycles. The van der Waals surface area contributed by atoms with Gasteiger partial charge in [0.1, 0.15) is 0 Å². The van der Waals surface area contributed by atoms with Crippen LogP contribution in [0.2, 0.25) is 5.02 Å². The molecule has 94 valence electrons. The topological polar surface area (TPSA) is 27.8 Å². The van der Waals surface area contributed by atoms with Crippen LogP contribution in [0.15, 0.2) is 36.4 Å². The molecule has 0 bridgehead atoms. The molecule has 1 aliphatic carbocycles. The maximum absolute atomic E-state index is 6.39. The van der Waals surface area contributed by atoms with Crippen molar-refractivity contribution in [2.24, 2.45) is 0 Å². The molecule has 2 aromatic rings. The summed E-state index contributed by atoms with van der Waals surface area (Å²) in [5.41, 5.74) is 2.20. The van der Waals surface area contributed by atoms with E-state index in [4.69, 9.17) is 11.6 Å². The molecule has 1 aromatic heterocycles. The number of hydrogen-bond donors (Lipinski definition) is 2. The van der Waals surface area contributed by atoms with Gasteiger partial charge in [-0.1, -0.05) is 42.0 Å². The van der Waals surface area contributed by atoms with Gasteiger partial charge in [0.15, 0.2) is 0 Å². The Morgan fingerprint density at radius 1 is 1.28 bits per heavy atom. The van der Waals surface area contributed by atoms with E-state index < -0.39 is 0 Å². The Morgan fingerprint density at radius 2 is 2.17 bits per heavy atom. The lowest BCUT2D eigenvalue weighted by Crippen LogP contribution is -2.29. The molecule has 3 rings (SSSR count). The van der Waals surface area contributed by atoms with E-state index >= 15 is 0 Å². The molecule has 0 fully saturated rings. The molecule has 2 nitrogen and oxygen atoms in total. The van der Waals surface area contributed by atoms with Crippen molar-refractivity contribution < 1.29 is 0 Å². The van der Waals surface area contributed by atoms with E-state index in [9.17, 15) is 0 Å². The van der Waals surface area contributed by atoms with Gasteiger partial charge in [0.05, 0.1) is 5.02 Å². The fourth-order valence-corrected chi connectivity index (χ4v) is 2.79. The first kappa shape index (κ1) is 11.8. The number of nitrogens with one attached hydrogen (secondary N) is 2. The van der Waals surface area contributed by atoms with Crippen LogP contribution in [0.25, 0.3) is 10.9 Å².